The lowest BCUT2D eigenvalue weighted by atomic mass is 9.78. The average molecular weight is 504 g/mol. The molecule has 2 fully saturated rings. The van der Waals surface area contributed by atoms with Gasteiger partial charge in [0.25, 0.3) is 0 Å². The molecule has 1 aromatic rings. The van der Waals surface area contributed by atoms with Gasteiger partial charge in [-0.2, -0.15) is 10.4 Å². The summed E-state index contributed by atoms with van der Waals surface area (Å²) in [4.78, 5) is 16.2. The number of likely N-dealkylation sites (tertiary alicyclic amines) is 1. The number of carbonyl (C=O) groups excluding carboxylic acids is 1. The van der Waals surface area contributed by atoms with Crippen LogP contribution >= 0.6 is 0 Å². The lowest BCUT2D eigenvalue weighted by Gasteiger charge is -2.45. The summed E-state index contributed by atoms with van der Waals surface area (Å²) in [6, 6.07) is 2.48. The standard InChI is InChI=1S/C28H37N7O2/c1-19(36)34-9-6-26(31-8-5-20-7-10-37-18-20)25(17-34)28(30)35-15-21(13-29)11-23-12-22(3-4-27(23)35)24-14-32-33(2)16-24/h3-4,12,14,16,20-21,23,27,30-31H,5-11,15,17-18H2,1-2H3/t20-,21?,23?,27?/m0/s1. The van der Waals surface area contributed by atoms with E-state index in [4.69, 9.17) is 4.74 Å². The number of piperidine rings is 1. The highest BCUT2D eigenvalue weighted by Gasteiger charge is 2.39. The van der Waals surface area contributed by atoms with E-state index in [0.717, 1.165) is 61.4 Å². The van der Waals surface area contributed by atoms with Gasteiger partial charge in [0.15, 0.2) is 0 Å². The Morgan fingerprint density at radius 3 is 2.97 bits per heavy atom. The van der Waals surface area contributed by atoms with Crippen molar-refractivity contribution in [2.75, 3.05) is 39.4 Å². The number of hydrogen-bond acceptors (Lipinski definition) is 6. The minimum absolute atomic E-state index is 0.00890. The summed E-state index contributed by atoms with van der Waals surface area (Å²) in [7, 11) is 1.91. The number of carbonyl (C=O) groups is 1. The Hall–Kier alpha value is -3.38. The van der Waals surface area contributed by atoms with E-state index in [-0.39, 0.29) is 23.8 Å². The highest BCUT2D eigenvalue weighted by molar-refractivity contribution is 5.98. The smallest absolute Gasteiger partial charge is 0.219 e. The Morgan fingerprint density at radius 1 is 1.41 bits per heavy atom. The molecular formula is C28H37N7O2. The molecule has 9 nitrogen and oxygen atoms in total. The van der Waals surface area contributed by atoms with Crippen LogP contribution in [0.4, 0.5) is 0 Å². The number of allylic oxidation sites excluding steroid dienone is 2. The number of amides is 1. The Morgan fingerprint density at radius 2 is 2.27 bits per heavy atom. The number of nitrogens with one attached hydrogen (secondary N) is 2. The molecule has 0 radical (unpaired) electrons. The summed E-state index contributed by atoms with van der Waals surface area (Å²) in [6.45, 7) is 5.71. The van der Waals surface area contributed by atoms with Crippen molar-refractivity contribution in [3.8, 4) is 6.07 Å². The zero-order valence-corrected chi connectivity index (χ0v) is 21.8. The van der Waals surface area contributed by atoms with Gasteiger partial charge in [0.05, 0.1) is 30.8 Å². The molecule has 3 unspecified atom stereocenters. The van der Waals surface area contributed by atoms with Crippen LogP contribution < -0.4 is 5.32 Å². The van der Waals surface area contributed by atoms with Crippen LogP contribution in [0.1, 0.15) is 38.2 Å². The summed E-state index contributed by atoms with van der Waals surface area (Å²) < 4.78 is 7.31. The number of aromatic nitrogens is 2. The summed E-state index contributed by atoms with van der Waals surface area (Å²) in [5.41, 5.74) is 4.10. The van der Waals surface area contributed by atoms with Crippen LogP contribution in [0.2, 0.25) is 0 Å². The van der Waals surface area contributed by atoms with Gasteiger partial charge in [-0.15, -0.1) is 0 Å². The number of rotatable bonds is 6. The van der Waals surface area contributed by atoms with Gasteiger partial charge < -0.3 is 19.9 Å². The van der Waals surface area contributed by atoms with Gasteiger partial charge in [0, 0.05) is 82.2 Å². The molecule has 5 rings (SSSR count). The van der Waals surface area contributed by atoms with E-state index in [1.54, 1.807) is 11.6 Å². The number of ether oxygens (including phenoxy) is 1. The summed E-state index contributed by atoms with van der Waals surface area (Å²) in [6.07, 6.45) is 14.0. The molecule has 0 bridgehead atoms. The molecule has 2 N–H and O–H groups in total. The fourth-order valence-corrected chi connectivity index (χ4v) is 5.99. The monoisotopic (exact) mass is 503 g/mol. The van der Waals surface area contributed by atoms with Crippen LogP contribution in [-0.2, 0) is 16.6 Å². The summed E-state index contributed by atoms with van der Waals surface area (Å²) in [5.74, 6) is 1.01. The molecule has 4 atom stereocenters. The third kappa shape index (κ3) is 5.49. The number of nitrogens with zero attached hydrogens (tertiary/aromatic N) is 5. The quantitative estimate of drug-likeness (QED) is 0.456. The predicted molar refractivity (Wildman–Crippen MR) is 141 cm³/mol. The first-order valence-electron chi connectivity index (χ1n) is 13.4. The molecule has 3 aliphatic heterocycles. The van der Waals surface area contributed by atoms with E-state index in [0.29, 0.717) is 37.8 Å². The van der Waals surface area contributed by atoms with Crippen LogP contribution in [0.3, 0.4) is 0 Å². The maximum atomic E-state index is 12.3. The van der Waals surface area contributed by atoms with E-state index in [2.05, 4.69) is 39.6 Å². The largest absolute Gasteiger partial charge is 0.388 e. The van der Waals surface area contributed by atoms with Crippen molar-refractivity contribution in [2.45, 2.75) is 38.6 Å². The van der Waals surface area contributed by atoms with Crippen molar-refractivity contribution < 1.29 is 9.53 Å². The fraction of sp³-hybridized carbons (Fsp3) is 0.571. The molecule has 0 aromatic carbocycles. The second-order valence-electron chi connectivity index (χ2n) is 10.7. The van der Waals surface area contributed by atoms with E-state index < -0.39 is 0 Å². The second kappa shape index (κ2) is 10.9. The Bertz CT molecular complexity index is 1170. The zero-order chi connectivity index (χ0) is 25.9. The number of fused-ring (bicyclic) bond motifs is 1. The van der Waals surface area contributed by atoms with Gasteiger partial charge >= 0.3 is 0 Å². The minimum atomic E-state index is -0.161. The summed E-state index contributed by atoms with van der Waals surface area (Å²) in [5, 5.41) is 27.1. The molecule has 4 aliphatic rings. The normalized spacial score (nSPS) is 27.5. The van der Waals surface area contributed by atoms with Crippen molar-refractivity contribution in [1.29, 1.82) is 10.7 Å². The molecule has 1 aromatic heterocycles. The van der Waals surface area contributed by atoms with Gasteiger partial charge in [0.1, 0.15) is 5.84 Å². The highest BCUT2D eigenvalue weighted by Crippen LogP contribution is 2.37. The minimum Gasteiger partial charge on any atom is -0.388 e. The van der Waals surface area contributed by atoms with Gasteiger partial charge in [-0.1, -0.05) is 18.2 Å². The second-order valence-corrected chi connectivity index (χ2v) is 10.7. The number of aryl methyl sites for hydroxylation is 1. The molecule has 196 valence electrons. The van der Waals surface area contributed by atoms with Crippen LogP contribution in [0, 0.1) is 34.5 Å². The van der Waals surface area contributed by atoms with Gasteiger partial charge in [-0.3, -0.25) is 14.9 Å². The van der Waals surface area contributed by atoms with Crippen molar-refractivity contribution >= 4 is 17.3 Å². The molecule has 1 aliphatic carbocycles. The average Bonchev–Trinajstić information content (AvgIpc) is 3.59. The van der Waals surface area contributed by atoms with Gasteiger partial charge in [-0.05, 0) is 30.8 Å². The molecule has 2 saturated heterocycles. The molecule has 37 heavy (non-hydrogen) atoms. The number of hydrogen-bond donors (Lipinski definition) is 2. The van der Waals surface area contributed by atoms with Crippen molar-refractivity contribution in [3.63, 3.8) is 0 Å². The lowest BCUT2D eigenvalue weighted by Crippen LogP contribution is -2.53. The Labute approximate surface area is 218 Å². The maximum absolute atomic E-state index is 12.3. The molecule has 0 saturated carbocycles. The van der Waals surface area contributed by atoms with Crippen LogP contribution in [0.15, 0.2) is 41.9 Å². The van der Waals surface area contributed by atoms with Gasteiger partial charge in [-0.25, -0.2) is 0 Å². The van der Waals surface area contributed by atoms with Crippen molar-refractivity contribution in [2.24, 2.45) is 24.8 Å². The third-order valence-electron chi connectivity index (χ3n) is 8.14. The molecule has 9 heteroatoms. The Kier molecular flexibility index (Phi) is 7.47. The molecular weight excluding hydrogens is 466 g/mol. The number of nitriles is 1. The van der Waals surface area contributed by atoms with E-state index >= 15 is 0 Å². The zero-order valence-electron chi connectivity index (χ0n) is 21.8. The predicted octanol–water partition coefficient (Wildman–Crippen LogP) is 2.70. The SMILES string of the molecule is CC(=O)N1CCC(NCC[C@H]2CCOC2)=C(C(=N)N2CC(C#N)CC3C=C(c4cnn(C)c4)C=CC32)C1. The molecule has 1 amide bonds. The fourth-order valence-electron chi connectivity index (χ4n) is 5.99. The van der Waals surface area contributed by atoms with E-state index in [1.165, 1.54) is 0 Å². The van der Waals surface area contributed by atoms with E-state index in [9.17, 15) is 15.5 Å². The molecule has 4 heterocycles. The Balaban J connectivity index is 1.38. The first kappa shape index (κ1) is 25.3. The topological polar surface area (TPSA) is 110 Å². The number of amidine groups is 1. The van der Waals surface area contributed by atoms with E-state index in [1.807, 2.05) is 24.3 Å². The first-order chi connectivity index (χ1) is 17.9. The van der Waals surface area contributed by atoms with Crippen LogP contribution in [-0.4, -0.2) is 76.8 Å². The highest BCUT2D eigenvalue weighted by atomic mass is 16.5. The first-order valence-corrected chi connectivity index (χ1v) is 13.4. The van der Waals surface area contributed by atoms with Crippen LogP contribution in [0.25, 0.3) is 5.57 Å². The van der Waals surface area contributed by atoms with Crippen molar-refractivity contribution in [3.05, 3.63) is 47.5 Å². The summed E-state index contributed by atoms with van der Waals surface area (Å²) >= 11 is 0. The maximum Gasteiger partial charge on any atom is 0.219 e. The lowest BCUT2D eigenvalue weighted by molar-refractivity contribution is -0.128. The van der Waals surface area contributed by atoms with Gasteiger partial charge in [0.2, 0.25) is 5.91 Å². The van der Waals surface area contributed by atoms with Crippen molar-refractivity contribution in [1.82, 2.24) is 24.9 Å². The molecule has 0 spiro atoms. The van der Waals surface area contributed by atoms with Crippen LogP contribution in [0.5, 0.6) is 0 Å². The third-order valence-corrected chi connectivity index (χ3v) is 8.14.